The quantitative estimate of drug-likeness (QED) is 0.565. The first-order valence-corrected chi connectivity index (χ1v) is 8.73. The lowest BCUT2D eigenvalue weighted by atomic mass is 10.1. The maximum absolute atomic E-state index is 12.7. The number of fused-ring (bicyclic) bond motifs is 3. The van der Waals surface area contributed by atoms with E-state index in [-0.39, 0.29) is 17.6 Å². The fourth-order valence-corrected chi connectivity index (χ4v) is 3.61. The summed E-state index contributed by atoms with van der Waals surface area (Å²) in [5.41, 5.74) is 1.04. The van der Waals surface area contributed by atoms with Gasteiger partial charge in [0.15, 0.2) is 11.2 Å². The zero-order valence-electron chi connectivity index (χ0n) is 15.7. The molecule has 0 bridgehead atoms. The van der Waals surface area contributed by atoms with Crippen LogP contribution < -0.4 is 11.2 Å². The van der Waals surface area contributed by atoms with Crippen LogP contribution in [0.2, 0.25) is 0 Å². The average molecular weight is 381 g/mol. The van der Waals surface area contributed by atoms with Crippen molar-refractivity contribution in [2.75, 3.05) is 0 Å². The number of aromatic nitrogens is 5. The van der Waals surface area contributed by atoms with Gasteiger partial charge in [-0.2, -0.15) is 4.98 Å². The van der Waals surface area contributed by atoms with Gasteiger partial charge in [0.25, 0.3) is 5.56 Å². The van der Waals surface area contributed by atoms with Crippen molar-refractivity contribution in [2.45, 2.75) is 19.4 Å². The van der Waals surface area contributed by atoms with Crippen molar-refractivity contribution < 1.29 is 9.90 Å². The molecule has 0 unspecified atom stereocenters. The molecule has 3 heterocycles. The molecule has 0 aliphatic carbocycles. The van der Waals surface area contributed by atoms with Crippen LogP contribution in [0, 0.1) is 6.92 Å². The minimum Gasteiger partial charge on any atom is -0.480 e. The molecule has 1 N–H and O–H groups in total. The molecule has 4 aromatic rings. The topological polar surface area (TPSA) is 104 Å². The van der Waals surface area contributed by atoms with E-state index in [1.165, 1.54) is 18.7 Å². The van der Waals surface area contributed by atoms with E-state index in [1.54, 1.807) is 22.1 Å². The fourth-order valence-electron chi connectivity index (χ4n) is 3.61. The number of carboxylic acid groups (broad SMARTS) is 1. The van der Waals surface area contributed by atoms with E-state index < -0.39 is 23.3 Å². The van der Waals surface area contributed by atoms with E-state index in [0.717, 1.165) is 10.1 Å². The highest BCUT2D eigenvalue weighted by atomic mass is 16.4. The van der Waals surface area contributed by atoms with Gasteiger partial charge in [-0.1, -0.05) is 30.3 Å². The predicted octanol–water partition coefficient (Wildman–Crippen LogP) is 0.863. The van der Waals surface area contributed by atoms with E-state index in [1.807, 2.05) is 30.3 Å². The number of aliphatic carboxylic acids is 1. The van der Waals surface area contributed by atoms with Crippen LogP contribution in [0.5, 0.6) is 0 Å². The molecule has 0 aliphatic rings. The summed E-state index contributed by atoms with van der Waals surface area (Å²) in [6.07, 6.45) is 1.94. The van der Waals surface area contributed by atoms with Gasteiger partial charge in [0.05, 0.1) is 0 Å². The zero-order valence-corrected chi connectivity index (χ0v) is 15.7. The largest absolute Gasteiger partial charge is 0.480 e. The number of carbonyl (C=O) groups is 1. The summed E-state index contributed by atoms with van der Waals surface area (Å²) in [5, 5.41) is 9.88. The van der Waals surface area contributed by atoms with Crippen LogP contribution in [0.3, 0.4) is 0 Å². The van der Waals surface area contributed by atoms with Crippen LogP contribution in [0.25, 0.3) is 16.9 Å². The Hall–Kier alpha value is -3.62. The van der Waals surface area contributed by atoms with Gasteiger partial charge in [0.2, 0.25) is 5.78 Å². The minimum absolute atomic E-state index is 0.223. The van der Waals surface area contributed by atoms with Crippen molar-refractivity contribution in [1.82, 2.24) is 23.1 Å². The van der Waals surface area contributed by atoms with Gasteiger partial charge in [-0.05, 0) is 12.5 Å². The van der Waals surface area contributed by atoms with Crippen LogP contribution >= 0.6 is 0 Å². The molecule has 0 aliphatic heterocycles. The van der Waals surface area contributed by atoms with E-state index in [9.17, 15) is 19.5 Å². The van der Waals surface area contributed by atoms with Gasteiger partial charge < -0.3 is 5.11 Å². The first-order valence-electron chi connectivity index (χ1n) is 8.73. The van der Waals surface area contributed by atoms with Crippen molar-refractivity contribution in [3.05, 3.63) is 68.6 Å². The molecule has 0 spiro atoms. The Bertz CT molecular complexity index is 1340. The highest BCUT2D eigenvalue weighted by Gasteiger charge is 2.27. The van der Waals surface area contributed by atoms with Gasteiger partial charge in [-0.3, -0.25) is 22.9 Å². The van der Waals surface area contributed by atoms with Gasteiger partial charge in [-0.25, -0.2) is 9.59 Å². The van der Waals surface area contributed by atoms with Gasteiger partial charge in [-0.15, -0.1) is 0 Å². The van der Waals surface area contributed by atoms with Crippen molar-refractivity contribution >= 4 is 22.9 Å². The number of hydrogen-bond acceptors (Lipinski definition) is 4. The molecule has 3 aromatic heterocycles. The Morgan fingerprint density at radius 1 is 1.14 bits per heavy atom. The van der Waals surface area contributed by atoms with Crippen molar-refractivity contribution in [1.29, 1.82) is 0 Å². The molecular formula is C19H19N5O4. The Kier molecular flexibility index (Phi) is 3.95. The third-order valence-electron chi connectivity index (χ3n) is 5.05. The molecule has 0 amide bonds. The Morgan fingerprint density at radius 2 is 1.82 bits per heavy atom. The number of nitrogens with zero attached hydrogens (tertiary/aromatic N) is 5. The van der Waals surface area contributed by atoms with Gasteiger partial charge >= 0.3 is 11.7 Å². The van der Waals surface area contributed by atoms with Crippen molar-refractivity contribution in [2.24, 2.45) is 14.1 Å². The molecule has 1 aromatic carbocycles. The van der Waals surface area contributed by atoms with Crippen LogP contribution in [-0.2, 0) is 25.3 Å². The maximum atomic E-state index is 12.7. The van der Waals surface area contributed by atoms with E-state index in [2.05, 4.69) is 4.98 Å². The Labute approximate surface area is 158 Å². The summed E-state index contributed by atoms with van der Waals surface area (Å²) in [7, 11) is 2.94. The molecular weight excluding hydrogens is 362 g/mol. The third-order valence-corrected chi connectivity index (χ3v) is 5.05. The molecule has 1 atom stereocenters. The lowest BCUT2D eigenvalue weighted by molar-refractivity contribution is -0.140. The second kappa shape index (κ2) is 6.22. The molecule has 9 nitrogen and oxygen atoms in total. The summed E-state index contributed by atoms with van der Waals surface area (Å²) in [5.74, 6) is -0.687. The number of hydrogen-bond donors (Lipinski definition) is 1. The number of rotatable bonds is 4. The van der Waals surface area contributed by atoms with Gasteiger partial charge in [0.1, 0.15) is 6.04 Å². The summed E-state index contributed by atoms with van der Waals surface area (Å²) in [6.45, 7) is 1.77. The summed E-state index contributed by atoms with van der Waals surface area (Å²) in [6, 6.07) is 8.42. The first kappa shape index (κ1) is 17.8. The summed E-state index contributed by atoms with van der Waals surface area (Å²) >= 11 is 0. The van der Waals surface area contributed by atoms with E-state index >= 15 is 0 Å². The molecule has 0 fully saturated rings. The minimum atomic E-state index is -1.00. The lowest BCUT2D eigenvalue weighted by Gasteiger charge is -2.16. The maximum Gasteiger partial charge on any atom is 0.332 e. The lowest BCUT2D eigenvalue weighted by Crippen LogP contribution is -2.37. The van der Waals surface area contributed by atoms with Crippen LogP contribution in [0.4, 0.5) is 0 Å². The van der Waals surface area contributed by atoms with E-state index in [4.69, 9.17) is 0 Å². The predicted molar refractivity (Wildman–Crippen MR) is 103 cm³/mol. The number of aryl methyl sites for hydroxylation is 2. The highest BCUT2D eigenvalue weighted by molar-refractivity contribution is 5.78. The number of carboxylic acids is 1. The first-order chi connectivity index (χ1) is 13.3. The molecule has 144 valence electrons. The van der Waals surface area contributed by atoms with Gasteiger partial charge in [0, 0.05) is 32.4 Å². The van der Waals surface area contributed by atoms with Crippen LogP contribution in [-0.4, -0.2) is 34.2 Å². The molecule has 28 heavy (non-hydrogen) atoms. The Balaban J connectivity index is 2.01. The smallest absolute Gasteiger partial charge is 0.332 e. The second-order valence-corrected chi connectivity index (χ2v) is 6.84. The standard InChI is InChI=1S/C19H19N5O4/c1-11-10-23-14-15(21(2)19(28)22(3)16(14)25)20-18(23)24(11)13(17(26)27)9-12-7-5-4-6-8-12/h4-8,10,13H,9H2,1-3H3,(H,26,27)/t13-/m0/s1. The average Bonchev–Trinajstić information content (AvgIpc) is 3.18. The zero-order chi connectivity index (χ0) is 20.2. The number of imidazole rings is 2. The summed E-state index contributed by atoms with van der Waals surface area (Å²) < 4.78 is 5.46. The SMILES string of the molecule is Cc1cn2c3c(=O)n(C)c(=O)n(C)c3nc2n1[C@@H](Cc1ccccc1)C(=O)O. The molecule has 0 saturated carbocycles. The Morgan fingerprint density at radius 3 is 2.46 bits per heavy atom. The third kappa shape index (κ3) is 2.47. The molecule has 0 saturated heterocycles. The summed E-state index contributed by atoms with van der Waals surface area (Å²) in [4.78, 5) is 41.4. The fraction of sp³-hybridized carbons (Fsp3) is 0.263. The number of benzene rings is 1. The molecule has 0 radical (unpaired) electrons. The normalized spacial score (nSPS) is 12.7. The monoisotopic (exact) mass is 381 g/mol. The molecule has 4 rings (SSSR count). The van der Waals surface area contributed by atoms with Crippen molar-refractivity contribution in [3.63, 3.8) is 0 Å². The van der Waals surface area contributed by atoms with Crippen LogP contribution in [0.1, 0.15) is 17.3 Å². The van der Waals surface area contributed by atoms with Crippen LogP contribution in [0.15, 0.2) is 46.1 Å². The van der Waals surface area contributed by atoms with E-state index in [0.29, 0.717) is 11.5 Å². The second-order valence-electron chi connectivity index (χ2n) is 6.84. The highest BCUT2D eigenvalue weighted by Crippen LogP contribution is 2.23. The molecule has 9 heteroatoms. The van der Waals surface area contributed by atoms with Crippen molar-refractivity contribution in [3.8, 4) is 0 Å².